The molecular formula is C24H29N3O3. The number of benzene rings is 2. The summed E-state index contributed by atoms with van der Waals surface area (Å²) in [5.74, 6) is 0.863. The molecule has 158 valence electrons. The van der Waals surface area contributed by atoms with E-state index in [1.165, 1.54) is 11.1 Å². The molecule has 1 saturated heterocycles. The van der Waals surface area contributed by atoms with Crippen LogP contribution in [-0.2, 0) is 16.1 Å². The Morgan fingerprint density at radius 3 is 2.47 bits per heavy atom. The Morgan fingerprint density at radius 1 is 1.07 bits per heavy atom. The molecular weight excluding hydrogens is 378 g/mol. The Hall–Kier alpha value is -2.86. The van der Waals surface area contributed by atoms with Gasteiger partial charge in [-0.1, -0.05) is 50.2 Å². The molecule has 0 bridgehead atoms. The lowest BCUT2D eigenvalue weighted by Crippen LogP contribution is -2.50. The number of fused-ring (bicyclic) bond motifs is 1. The predicted molar refractivity (Wildman–Crippen MR) is 116 cm³/mol. The lowest BCUT2D eigenvalue weighted by Gasteiger charge is -2.35. The van der Waals surface area contributed by atoms with E-state index < -0.39 is 6.10 Å². The average Bonchev–Trinajstić information content (AvgIpc) is 2.75. The monoisotopic (exact) mass is 407 g/mol. The average molecular weight is 408 g/mol. The normalized spacial score (nSPS) is 19.2. The van der Waals surface area contributed by atoms with Crippen molar-refractivity contribution in [2.24, 2.45) is 0 Å². The molecule has 2 aromatic rings. The highest BCUT2D eigenvalue weighted by molar-refractivity contribution is 5.99. The van der Waals surface area contributed by atoms with Gasteiger partial charge >= 0.3 is 0 Å². The summed E-state index contributed by atoms with van der Waals surface area (Å²) in [6.45, 7) is 8.31. The Kier molecular flexibility index (Phi) is 6.04. The minimum atomic E-state index is -0.773. The van der Waals surface area contributed by atoms with Crippen molar-refractivity contribution >= 4 is 17.5 Å². The number of hydrogen-bond donors (Lipinski definition) is 1. The van der Waals surface area contributed by atoms with Crippen LogP contribution >= 0.6 is 0 Å². The van der Waals surface area contributed by atoms with E-state index >= 15 is 0 Å². The first-order chi connectivity index (χ1) is 14.5. The number of ether oxygens (including phenoxy) is 1. The Balaban J connectivity index is 1.27. The first-order valence-corrected chi connectivity index (χ1v) is 10.6. The smallest absolute Gasteiger partial charge is 0.266 e. The number of piperazine rings is 1. The SMILES string of the molecule is CC(C)c1ccc(CN2CCN(C(=O)C[C@H]3Oc4ccccc4NC3=O)CC2)cc1. The van der Waals surface area contributed by atoms with Gasteiger partial charge in [0.1, 0.15) is 5.75 Å². The van der Waals surface area contributed by atoms with Gasteiger partial charge < -0.3 is 15.0 Å². The minimum absolute atomic E-state index is 0.0320. The van der Waals surface area contributed by atoms with E-state index in [2.05, 4.69) is 48.3 Å². The van der Waals surface area contributed by atoms with E-state index in [1.807, 2.05) is 17.0 Å². The predicted octanol–water partition coefficient (Wildman–Crippen LogP) is 3.24. The number of nitrogens with one attached hydrogen (secondary N) is 1. The maximum absolute atomic E-state index is 12.7. The van der Waals surface area contributed by atoms with Crippen molar-refractivity contribution in [1.29, 1.82) is 0 Å². The summed E-state index contributed by atoms with van der Waals surface area (Å²) < 4.78 is 5.76. The number of para-hydroxylation sites is 2. The number of hydrogen-bond acceptors (Lipinski definition) is 4. The van der Waals surface area contributed by atoms with Crippen LogP contribution in [0.15, 0.2) is 48.5 Å². The summed E-state index contributed by atoms with van der Waals surface area (Å²) in [6, 6.07) is 16.1. The van der Waals surface area contributed by atoms with Gasteiger partial charge in [0.2, 0.25) is 5.91 Å². The minimum Gasteiger partial charge on any atom is -0.478 e. The van der Waals surface area contributed by atoms with Crippen molar-refractivity contribution in [2.75, 3.05) is 31.5 Å². The third-order valence-corrected chi connectivity index (χ3v) is 5.84. The summed E-state index contributed by atoms with van der Waals surface area (Å²) >= 11 is 0. The van der Waals surface area contributed by atoms with Gasteiger partial charge in [-0.05, 0) is 29.2 Å². The molecule has 0 aliphatic carbocycles. The zero-order valence-electron chi connectivity index (χ0n) is 17.6. The molecule has 0 spiro atoms. The van der Waals surface area contributed by atoms with Gasteiger partial charge in [0, 0.05) is 32.7 Å². The summed E-state index contributed by atoms with van der Waals surface area (Å²) in [5.41, 5.74) is 3.30. The fourth-order valence-electron chi connectivity index (χ4n) is 3.94. The summed E-state index contributed by atoms with van der Waals surface area (Å²) in [6.07, 6.45) is -0.707. The van der Waals surface area contributed by atoms with Gasteiger partial charge in [0.05, 0.1) is 12.1 Å². The Bertz CT molecular complexity index is 902. The molecule has 4 rings (SSSR count). The van der Waals surface area contributed by atoms with E-state index in [0.29, 0.717) is 30.4 Å². The molecule has 0 aromatic heterocycles. The van der Waals surface area contributed by atoms with Crippen LogP contribution in [0.5, 0.6) is 5.75 Å². The quantitative estimate of drug-likeness (QED) is 0.827. The molecule has 2 heterocycles. The second-order valence-electron chi connectivity index (χ2n) is 8.35. The molecule has 2 aliphatic heterocycles. The van der Waals surface area contributed by atoms with Crippen LogP contribution in [0.3, 0.4) is 0 Å². The summed E-state index contributed by atoms with van der Waals surface area (Å²) in [4.78, 5) is 29.2. The highest BCUT2D eigenvalue weighted by Crippen LogP contribution is 2.29. The lowest BCUT2D eigenvalue weighted by molar-refractivity contribution is -0.138. The van der Waals surface area contributed by atoms with Gasteiger partial charge in [-0.3, -0.25) is 14.5 Å². The number of carbonyl (C=O) groups is 2. The first-order valence-electron chi connectivity index (χ1n) is 10.6. The molecule has 2 aliphatic rings. The lowest BCUT2D eigenvalue weighted by atomic mass is 10.0. The highest BCUT2D eigenvalue weighted by atomic mass is 16.5. The first kappa shape index (κ1) is 20.4. The Morgan fingerprint density at radius 2 is 1.77 bits per heavy atom. The zero-order valence-corrected chi connectivity index (χ0v) is 17.6. The maximum atomic E-state index is 12.7. The Labute approximate surface area is 177 Å². The molecule has 0 unspecified atom stereocenters. The molecule has 6 nitrogen and oxygen atoms in total. The van der Waals surface area contributed by atoms with Gasteiger partial charge in [-0.25, -0.2) is 0 Å². The largest absolute Gasteiger partial charge is 0.478 e. The topological polar surface area (TPSA) is 61.9 Å². The summed E-state index contributed by atoms with van der Waals surface area (Å²) in [7, 11) is 0. The van der Waals surface area contributed by atoms with Crippen molar-refractivity contribution in [3.05, 3.63) is 59.7 Å². The number of nitrogens with zero attached hydrogens (tertiary/aromatic N) is 2. The third-order valence-electron chi connectivity index (χ3n) is 5.84. The third kappa shape index (κ3) is 4.65. The molecule has 2 aromatic carbocycles. The molecule has 6 heteroatoms. The fourth-order valence-corrected chi connectivity index (χ4v) is 3.94. The second-order valence-corrected chi connectivity index (χ2v) is 8.35. The highest BCUT2D eigenvalue weighted by Gasteiger charge is 2.32. The number of rotatable bonds is 5. The van der Waals surface area contributed by atoms with Crippen LogP contribution < -0.4 is 10.1 Å². The van der Waals surface area contributed by atoms with E-state index in [4.69, 9.17) is 4.74 Å². The molecule has 1 fully saturated rings. The number of carbonyl (C=O) groups excluding carboxylic acids is 2. The van der Waals surface area contributed by atoms with Crippen LogP contribution in [0.2, 0.25) is 0 Å². The van der Waals surface area contributed by atoms with Gasteiger partial charge in [0.15, 0.2) is 6.10 Å². The molecule has 2 amide bonds. The molecule has 1 N–H and O–H groups in total. The maximum Gasteiger partial charge on any atom is 0.266 e. The molecule has 0 radical (unpaired) electrons. The van der Waals surface area contributed by atoms with Gasteiger partial charge in [-0.2, -0.15) is 0 Å². The van der Waals surface area contributed by atoms with E-state index in [0.717, 1.165) is 19.6 Å². The zero-order chi connectivity index (χ0) is 21.1. The molecule has 0 saturated carbocycles. The van der Waals surface area contributed by atoms with Crippen LogP contribution in [0.1, 0.15) is 37.3 Å². The van der Waals surface area contributed by atoms with Crippen molar-refractivity contribution in [2.45, 2.75) is 38.8 Å². The molecule has 30 heavy (non-hydrogen) atoms. The molecule has 1 atom stereocenters. The fraction of sp³-hybridized carbons (Fsp3) is 0.417. The van der Waals surface area contributed by atoms with E-state index in [-0.39, 0.29) is 18.2 Å². The van der Waals surface area contributed by atoms with Crippen LogP contribution in [0.25, 0.3) is 0 Å². The van der Waals surface area contributed by atoms with Crippen LogP contribution in [0, 0.1) is 0 Å². The van der Waals surface area contributed by atoms with Crippen molar-refractivity contribution < 1.29 is 14.3 Å². The standard InChI is InChI=1S/C24H29N3O3/c1-17(2)19-9-7-18(8-10-19)16-26-11-13-27(14-12-26)23(28)15-22-24(29)25-20-5-3-4-6-21(20)30-22/h3-10,17,22H,11-16H2,1-2H3,(H,25,29)/t22-/m1/s1. The van der Waals surface area contributed by atoms with Crippen LogP contribution in [0.4, 0.5) is 5.69 Å². The van der Waals surface area contributed by atoms with Crippen molar-refractivity contribution in [3.8, 4) is 5.75 Å². The van der Waals surface area contributed by atoms with Gasteiger partial charge in [-0.15, -0.1) is 0 Å². The number of amides is 2. The summed E-state index contributed by atoms with van der Waals surface area (Å²) in [5, 5.41) is 2.82. The van der Waals surface area contributed by atoms with Crippen LogP contribution in [-0.4, -0.2) is 53.9 Å². The number of anilines is 1. The van der Waals surface area contributed by atoms with E-state index in [1.54, 1.807) is 12.1 Å². The van der Waals surface area contributed by atoms with Gasteiger partial charge in [0.25, 0.3) is 5.91 Å². The van der Waals surface area contributed by atoms with Crippen molar-refractivity contribution in [1.82, 2.24) is 9.80 Å². The van der Waals surface area contributed by atoms with E-state index in [9.17, 15) is 9.59 Å². The van der Waals surface area contributed by atoms with Crippen molar-refractivity contribution in [3.63, 3.8) is 0 Å². The second kappa shape index (κ2) is 8.88.